The Bertz CT molecular complexity index is 847. The summed E-state index contributed by atoms with van der Waals surface area (Å²) >= 11 is 1.65. The molecule has 132 valence electrons. The average molecular weight is 354 g/mol. The summed E-state index contributed by atoms with van der Waals surface area (Å²) in [6.07, 6.45) is 0. The average Bonchev–Trinajstić information content (AvgIpc) is 2.97. The van der Waals surface area contributed by atoms with Gasteiger partial charge in [-0.05, 0) is 6.92 Å². The number of morpholine rings is 1. The second kappa shape index (κ2) is 7.12. The van der Waals surface area contributed by atoms with Crippen molar-refractivity contribution in [3.05, 3.63) is 20.8 Å². The summed E-state index contributed by atoms with van der Waals surface area (Å²) in [5, 5.41) is 0.804. The van der Waals surface area contributed by atoms with E-state index in [-0.39, 0.29) is 11.2 Å². The minimum Gasteiger partial charge on any atom is -0.370 e. The predicted octanol–water partition coefficient (Wildman–Crippen LogP) is -1.54. The van der Waals surface area contributed by atoms with Gasteiger partial charge in [0, 0.05) is 20.6 Å². The molecule has 1 aliphatic rings. The lowest BCUT2D eigenvalue weighted by atomic mass is 10.4. The van der Waals surface area contributed by atoms with Crippen LogP contribution in [0.2, 0.25) is 0 Å². The summed E-state index contributed by atoms with van der Waals surface area (Å²) in [5.74, 6) is 0.924. The number of quaternary nitrogens is 1. The third-order valence-corrected chi connectivity index (χ3v) is 5.49. The zero-order chi connectivity index (χ0) is 17.3. The van der Waals surface area contributed by atoms with Gasteiger partial charge < -0.3 is 14.2 Å². The highest BCUT2D eigenvalue weighted by atomic mass is 32.2. The Kier molecular flexibility index (Phi) is 5.12. The van der Waals surface area contributed by atoms with E-state index < -0.39 is 0 Å². The largest absolute Gasteiger partial charge is 0.370 e. The molecule has 1 saturated heterocycles. The van der Waals surface area contributed by atoms with Crippen molar-refractivity contribution < 1.29 is 9.64 Å². The fraction of sp³-hybridized carbons (Fsp3) is 0.667. The molecule has 0 aliphatic carbocycles. The molecule has 1 fully saturated rings. The van der Waals surface area contributed by atoms with Gasteiger partial charge in [-0.15, -0.1) is 0 Å². The number of nitrogens with one attached hydrogen (secondary N) is 1. The van der Waals surface area contributed by atoms with Gasteiger partial charge in [-0.2, -0.15) is 0 Å². The van der Waals surface area contributed by atoms with E-state index in [0.29, 0.717) is 17.7 Å². The first-order valence-electron chi connectivity index (χ1n) is 8.25. The van der Waals surface area contributed by atoms with Gasteiger partial charge in [0.05, 0.1) is 25.5 Å². The van der Waals surface area contributed by atoms with Crippen LogP contribution < -0.4 is 16.1 Å². The fourth-order valence-electron chi connectivity index (χ4n) is 3.03. The van der Waals surface area contributed by atoms with E-state index in [1.807, 2.05) is 11.5 Å². The van der Waals surface area contributed by atoms with Gasteiger partial charge in [-0.25, -0.2) is 9.78 Å². The van der Waals surface area contributed by atoms with Crippen molar-refractivity contribution >= 4 is 22.9 Å². The number of aromatic nitrogens is 4. The molecule has 3 heterocycles. The summed E-state index contributed by atoms with van der Waals surface area (Å²) in [5.41, 5.74) is 0.338. The van der Waals surface area contributed by atoms with Gasteiger partial charge in [-0.1, -0.05) is 11.8 Å². The van der Waals surface area contributed by atoms with E-state index in [2.05, 4.69) is 4.98 Å². The molecule has 2 aromatic heterocycles. The summed E-state index contributed by atoms with van der Waals surface area (Å²) in [6.45, 7) is 7.41. The quantitative estimate of drug-likeness (QED) is 0.659. The van der Waals surface area contributed by atoms with E-state index in [0.717, 1.165) is 48.3 Å². The molecule has 0 aromatic carbocycles. The second-order valence-electron chi connectivity index (χ2n) is 5.98. The lowest BCUT2D eigenvalue weighted by molar-refractivity contribution is -0.905. The summed E-state index contributed by atoms with van der Waals surface area (Å²) in [7, 11) is 3.16. The van der Waals surface area contributed by atoms with E-state index in [1.54, 1.807) is 18.8 Å². The lowest BCUT2D eigenvalue weighted by Gasteiger charge is -2.23. The number of thioether (sulfide) groups is 1. The SMILES string of the molecule is CCn1c(SCC[NH+]2CCOCC2)nc2c1c(=O)n(C)c(=O)n2C. The number of aryl methyl sites for hydroxylation is 2. The van der Waals surface area contributed by atoms with Crippen molar-refractivity contribution in [3.8, 4) is 0 Å². The highest BCUT2D eigenvalue weighted by Crippen LogP contribution is 2.20. The van der Waals surface area contributed by atoms with Crippen molar-refractivity contribution in [1.82, 2.24) is 18.7 Å². The number of rotatable bonds is 5. The number of ether oxygens (including phenoxy) is 1. The molecular weight excluding hydrogens is 330 g/mol. The molecule has 9 heteroatoms. The Balaban J connectivity index is 1.88. The maximum atomic E-state index is 12.5. The van der Waals surface area contributed by atoms with Crippen molar-refractivity contribution in [2.75, 3.05) is 38.6 Å². The normalized spacial score (nSPS) is 16.1. The minimum absolute atomic E-state index is 0.284. The zero-order valence-electron chi connectivity index (χ0n) is 14.4. The third-order valence-electron chi connectivity index (χ3n) is 4.52. The van der Waals surface area contributed by atoms with Crippen LogP contribution in [0.4, 0.5) is 0 Å². The van der Waals surface area contributed by atoms with Gasteiger partial charge in [0.25, 0.3) is 5.56 Å². The first-order chi connectivity index (χ1) is 11.5. The molecule has 0 saturated carbocycles. The molecule has 24 heavy (non-hydrogen) atoms. The Morgan fingerprint density at radius 2 is 1.92 bits per heavy atom. The molecule has 0 atom stereocenters. The Morgan fingerprint density at radius 3 is 2.58 bits per heavy atom. The van der Waals surface area contributed by atoms with Crippen molar-refractivity contribution in [2.45, 2.75) is 18.6 Å². The van der Waals surface area contributed by atoms with E-state index in [1.165, 1.54) is 16.5 Å². The number of fused-ring (bicyclic) bond motifs is 1. The molecule has 8 nitrogen and oxygen atoms in total. The topological polar surface area (TPSA) is 75.5 Å². The van der Waals surface area contributed by atoms with Crippen LogP contribution in [-0.2, 0) is 25.4 Å². The minimum atomic E-state index is -0.345. The number of nitrogens with zero attached hydrogens (tertiary/aromatic N) is 4. The molecule has 0 bridgehead atoms. The fourth-order valence-corrected chi connectivity index (χ4v) is 4.13. The van der Waals surface area contributed by atoms with Crippen LogP contribution in [0.25, 0.3) is 11.2 Å². The Hall–Kier alpha value is -1.58. The monoisotopic (exact) mass is 354 g/mol. The van der Waals surface area contributed by atoms with Crippen LogP contribution in [0, 0.1) is 0 Å². The number of hydrogen-bond donors (Lipinski definition) is 1. The first-order valence-corrected chi connectivity index (χ1v) is 9.23. The predicted molar refractivity (Wildman–Crippen MR) is 93.0 cm³/mol. The van der Waals surface area contributed by atoms with Crippen LogP contribution >= 0.6 is 11.8 Å². The second-order valence-corrected chi connectivity index (χ2v) is 7.04. The van der Waals surface area contributed by atoms with E-state index in [4.69, 9.17) is 4.74 Å². The van der Waals surface area contributed by atoms with Crippen LogP contribution in [0.5, 0.6) is 0 Å². The molecule has 0 radical (unpaired) electrons. The standard InChI is InChI=1S/C15H23N5O3S/c1-4-20-11-12(17(2)15(22)18(3)13(11)21)16-14(20)24-10-7-19-5-8-23-9-6-19/h4-10H2,1-3H3/p+1. The van der Waals surface area contributed by atoms with Crippen LogP contribution in [0.15, 0.2) is 14.7 Å². The maximum absolute atomic E-state index is 12.5. The molecular formula is C15H24N5O3S+. The Morgan fingerprint density at radius 1 is 1.21 bits per heavy atom. The number of imidazole rings is 1. The molecule has 0 unspecified atom stereocenters. The van der Waals surface area contributed by atoms with E-state index in [9.17, 15) is 9.59 Å². The van der Waals surface area contributed by atoms with Gasteiger partial charge in [0.15, 0.2) is 16.3 Å². The molecule has 1 aliphatic heterocycles. The molecule has 0 amide bonds. The van der Waals surface area contributed by atoms with Crippen molar-refractivity contribution in [2.24, 2.45) is 14.1 Å². The highest BCUT2D eigenvalue weighted by Gasteiger charge is 2.19. The van der Waals surface area contributed by atoms with Crippen molar-refractivity contribution in [1.29, 1.82) is 0 Å². The zero-order valence-corrected chi connectivity index (χ0v) is 15.2. The molecule has 2 aromatic rings. The van der Waals surface area contributed by atoms with Crippen molar-refractivity contribution in [3.63, 3.8) is 0 Å². The van der Waals surface area contributed by atoms with Crippen LogP contribution in [-0.4, -0.2) is 57.3 Å². The van der Waals surface area contributed by atoms with Gasteiger partial charge in [0.1, 0.15) is 13.1 Å². The summed E-state index contributed by atoms with van der Waals surface area (Å²) in [6, 6.07) is 0. The molecule has 1 N–H and O–H groups in total. The van der Waals surface area contributed by atoms with E-state index >= 15 is 0 Å². The lowest BCUT2D eigenvalue weighted by Crippen LogP contribution is -3.14. The maximum Gasteiger partial charge on any atom is 0.332 e. The van der Waals surface area contributed by atoms with Gasteiger partial charge >= 0.3 is 5.69 Å². The molecule has 3 rings (SSSR count). The van der Waals surface area contributed by atoms with Crippen LogP contribution in [0.3, 0.4) is 0 Å². The first kappa shape index (κ1) is 17.2. The molecule has 0 spiro atoms. The summed E-state index contributed by atoms with van der Waals surface area (Å²) < 4.78 is 9.88. The highest BCUT2D eigenvalue weighted by molar-refractivity contribution is 7.99. The number of hydrogen-bond acceptors (Lipinski definition) is 5. The Labute approximate surface area is 144 Å². The third kappa shape index (κ3) is 3.03. The smallest absolute Gasteiger partial charge is 0.332 e. The van der Waals surface area contributed by atoms with Crippen LogP contribution in [0.1, 0.15) is 6.92 Å². The van der Waals surface area contributed by atoms with Gasteiger partial charge in [-0.3, -0.25) is 13.9 Å². The van der Waals surface area contributed by atoms with Gasteiger partial charge in [0.2, 0.25) is 0 Å². The summed E-state index contributed by atoms with van der Waals surface area (Å²) in [4.78, 5) is 30.7.